The van der Waals surface area contributed by atoms with Crippen molar-refractivity contribution in [2.24, 2.45) is 0 Å². The fourth-order valence-corrected chi connectivity index (χ4v) is 3.45. The third kappa shape index (κ3) is 3.36. The van der Waals surface area contributed by atoms with Crippen molar-refractivity contribution in [1.29, 1.82) is 5.26 Å². The summed E-state index contributed by atoms with van der Waals surface area (Å²) in [4.78, 5) is 4.25. The van der Waals surface area contributed by atoms with Crippen LogP contribution < -0.4 is 5.73 Å². The number of benzene rings is 3. The summed E-state index contributed by atoms with van der Waals surface area (Å²) in [5, 5.41) is 8.99. The number of rotatable bonds is 3. The molecule has 0 aliphatic heterocycles. The molecule has 134 valence electrons. The molecule has 0 spiro atoms. The maximum atomic E-state index is 8.99. The van der Waals surface area contributed by atoms with E-state index >= 15 is 0 Å². The van der Waals surface area contributed by atoms with Gasteiger partial charge in [0.05, 0.1) is 11.6 Å². The molecular formula is C25H19N3. The van der Waals surface area contributed by atoms with Crippen LogP contribution in [0.3, 0.4) is 0 Å². The van der Waals surface area contributed by atoms with Crippen molar-refractivity contribution in [3.63, 3.8) is 0 Å². The molecule has 3 aromatic carbocycles. The van der Waals surface area contributed by atoms with Crippen molar-refractivity contribution < 1.29 is 0 Å². The molecule has 2 N–H and O–H groups in total. The minimum absolute atomic E-state index is 0.666. The second kappa shape index (κ2) is 7.38. The number of nitriles is 1. The highest BCUT2D eigenvalue weighted by molar-refractivity contribution is 5.86. The van der Waals surface area contributed by atoms with Crippen LogP contribution in [0.25, 0.3) is 33.4 Å². The van der Waals surface area contributed by atoms with Crippen molar-refractivity contribution in [1.82, 2.24) is 4.98 Å². The quantitative estimate of drug-likeness (QED) is 0.466. The van der Waals surface area contributed by atoms with Gasteiger partial charge in [-0.1, -0.05) is 42.5 Å². The van der Waals surface area contributed by atoms with Crippen LogP contribution in [0, 0.1) is 18.3 Å². The number of hydrogen-bond donors (Lipinski definition) is 1. The Morgan fingerprint density at radius 1 is 0.786 bits per heavy atom. The summed E-state index contributed by atoms with van der Waals surface area (Å²) >= 11 is 0. The Kier molecular flexibility index (Phi) is 4.62. The Morgan fingerprint density at radius 2 is 1.54 bits per heavy atom. The molecule has 0 bridgehead atoms. The fraction of sp³-hybridized carbons (Fsp3) is 0.0400. The first kappa shape index (κ1) is 17.5. The zero-order valence-corrected chi connectivity index (χ0v) is 15.6. The first-order valence-electron chi connectivity index (χ1n) is 9.07. The molecule has 3 nitrogen and oxygen atoms in total. The molecule has 3 heteroatoms. The van der Waals surface area contributed by atoms with Crippen molar-refractivity contribution in [3.8, 4) is 39.4 Å². The molecule has 0 saturated carbocycles. The highest BCUT2D eigenvalue weighted by Gasteiger charge is 2.11. The second-order valence-electron chi connectivity index (χ2n) is 6.77. The van der Waals surface area contributed by atoms with Crippen molar-refractivity contribution in [2.75, 3.05) is 5.73 Å². The normalized spacial score (nSPS) is 10.4. The molecule has 4 aromatic rings. The summed E-state index contributed by atoms with van der Waals surface area (Å²) in [5.41, 5.74) is 15.3. The van der Waals surface area contributed by atoms with Crippen molar-refractivity contribution in [2.45, 2.75) is 6.92 Å². The van der Waals surface area contributed by atoms with Crippen LogP contribution in [0.2, 0.25) is 0 Å². The summed E-state index contributed by atoms with van der Waals surface area (Å²) in [6, 6.07) is 26.2. The fourth-order valence-electron chi connectivity index (χ4n) is 3.45. The minimum atomic E-state index is 0.666. The standard InChI is InChI=1S/C25H19N3/c1-17-13-20(8-10-23(17)19-6-4-18(15-26)5-7-19)25-14-22(27)9-11-24(25)21-3-2-12-28-16-21/h2-14,16H,27H2,1H3. The average molecular weight is 361 g/mol. The molecule has 4 rings (SSSR count). The summed E-state index contributed by atoms with van der Waals surface area (Å²) in [5.74, 6) is 0. The first-order valence-corrected chi connectivity index (χ1v) is 9.07. The van der Waals surface area contributed by atoms with E-state index in [1.807, 2.05) is 54.7 Å². The summed E-state index contributed by atoms with van der Waals surface area (Å²) < 4.78 is 0. The number of anilines is 1. The van der Waals surface area contributed by atoms with Gasteiger partial charge in [-0.05, 0) is 70.6 Å². The largest absolute Gasteiger partial charge is 0.399 e. The Morgan fingerprint density at radius 3 is 2.21 bits per heavy atom. The topological polar surface area (TPSA) is 62.7 Å². The lowest BCUT2D eigenvalue weighted by Gasteiger charge is -2.14. The lowest BCUT2D eigenvalue weighted by Crippen LogP contribution is -1.92. The lowest BCUT2D eigenvalue weighted by molar-refractivity contribution is 1.33. The van der Waals surface area contributed by atoms with Crippen molar-refractivity contribution in [3.05, 3.63) is 96.3 Å². The molecule has 0 unspecified atom stereocenters. The summed E-state index contributed by atoms with van der Waals surface area (Å²) in [6.45, 7) is 2.10. The average Bonchev–Trinajstić information content (AvgIpc) is 2.74. The van der Waals surface area contributed by atoms with E-state index in [1.54, 1.807) is 6.20 Å². The van der Waals surface area contributed by atoms with E-state index in [0.29, 0.717) is 5.56 Å². The number of nitrogens with zero attached hydrogens (tertiary/aromatic N) is 2. The maximum absolute atomic E-state index is 8.99. The molecule has 1 aromatic heterocycles. The van der Waals surface area contributed by atoms with E-state index in [2.05, 4.69) is 42.2 Å². The van der Waals surface area contributed by atoms with Crippen LogP contribution in [0.4, 0.5) is 5.69 Å². The third-order valence-corrected chi connectivity index (χ3v) is 4.88. The molecule has 0 radical (unpaired) electrons. The van der Waals surface area contributed by atoms with Crippen molar-refractivity contribution >= 4 is 5.69 Å². The van der Waals surface area contributed by atoms with Gasteiger partial charge in [0, 0.05) is 23.6 Å². The zero-order chi connectivity index (χ0) is 19.5. The molecule has 0 saturated heterocycles. The smallest absolute Gasteiger partial charge is 0.0991 e. The number of aromatic nitrogens is 1. The second-order valence-corrected chi connectivity index (χ2v) is 6.77. The number of pyridine rings is 1. The van der Waals surface area contributed by atoms with Crippen LogP contribution in [0.1, 0.15) is 11.1 Å². The highest BCUT2D eigenvalue weighted by Crippen LogP contribution is 2.35. The summed E-state index contributed by atoms with van der Waals surface area (Å²) in [6.07, 6.45) is 3.64. The van der Waals surface area contributed by atoms with Gasteiger partial charge in [0.2, 0.25) is 0 Å². The molecule has 0 aliphatic carbocycles. The molecule has 0 fully saturated rings. The number of hydrogen-bond acceptors (Lipinski definition) is 3. The Hall–Kier alpha value is -3.90. The van der Waals surface area contributed by atoms with Crippen LogP contribution >= 0.6 is 0 Å². The SMILES string of the molecule is Cc1cc(-c2cc(N)ccc2-c2cccnc2)ccc1-c1ccc(C#N)cc1. The van der Waals surface area contributed by atoms with Gasteiger partial charge in [0.1, 0.15) is 0 Å². The Balaban J connectivity index is 1.80. The van der Waals surface area contributed by atoms with E-state index < -0.39 is 0 Å². The molecule has 0 aliphatic rings. The monoisotopic (exact) mass is 361 g/mol. The summed E-state index contributed by atoms with van der Waals surface area (Å²) in [7, 11) is 0. The van der Waals surface area contributed by atoms with E-state index in [4.69, 9.17) is 11.0 Å². The third-order valence-electron chi connectivity index (χ3n) is 4.88. The first-order chi connectivity index (χ1) is 13.7. The van der Waals surface area contributed by atoms with E-state index in [0.717, 1.165) is 39.1 Å². The lowest BCUT2D eigenvalue weighted by atomic mass is 9.91. The predicted octanol–water partition coefficient (Wildman–Crippen LogP) is 5.84. The van der Waals surface area contributed by atoms with Crippen LogP contribution in [-0.2, 0) is 0 Å². The van der Waals surface area contributed by atoms with Crippen LogP contribution in [0.15, 0.2) is 85.2 Å². The number of nitrogens with two attached hydrogens (primary N) is 1. The van der Waals surface area contributed by atoms with E-state index in [1.165, 1.54) is 5.56 Å². The van der Waals surface area contributed by atoms with Crippen LogP contribution in [-0.4, -0.2) is 4.98 Å². The highest BCUT2D eigenvalue weighted by atomic mass is 14.6. The van der Waals surface area contributed by atoms with Gasteiger partial charge in [0.15, 0.2) is 0 Å². The Bertz CT molecular complexity index is 1170. The molecule has 28 heavy (non-hydrogen) atoms. The van der Waals surface area contributed by atoms with Gasteiger partial charge in [-0.25, -0.2) is 0 Å². The predicted molar refractivity (Wildman–Crippen MR) is 114 cm³/mol. The molecule has 0 amide bonds. The van der Waals surface area contributed by atoms with Gasteiger partial charge in [0.25, 0.3) is 0 Å². The molecule has 0 atom stereocenters. The molecular weight excluding hydrogens is 342 g/mol. The maximum Gasteiger partial charge on any atom is 0.0991 e. The number of aryl methyl sites for hydroxylation is 1. The van der Waals surface area contributed by atoms with Gasteiger partial charge in [-0.2, -0.15) is 5.26 Å². The minimum Gasteiger partial charge on any atom is -0.399 e. The molecule has 1 heterocycles. The van der Waals surface area contributed by atoms with Gasteiger partial charge in [-0.15, -0.1) is 0 Å². The Labute approximate surface area is 164 Å². The van der Waals surface area contributed by atoms with E-state index in [9.17, 15) is 0 Å². The van der Waals surface area contributed by atoms with Gasteiger partial charge < -0.3 is 5.73 Å². The van der Waals surface area contributed by atoms with E-state index in [-0.39, 0.29) is 0 Å². The van der Waals surface area contributed by atoms with Crippen LogP contribution in [0.5, 0.6) is 0 Å². The number of nitrogen functional groups attached to an aromatic ring is 1. The van der Waals surface area contributed by atoms with Gasteiger partial charge in [-0.3, -0.25) is 4.98 Å². The zero-order valence-electron chi connectivity index (χ0n) is 15.6. The van der Waals surface area contributed by atoms with Gasteiger partial charge >= 0.3 is 0 Å².